The molecule has 0 atom stereocenters. The van der Waals surface area contributed by atoms with Crippen molar-refractivity contribution in [1.82, 2.24) is 5.16 Å². The Labute approximate surface area is 96.9 Å². The second-order valence-corrected chi connectivity index (χ2v) is 5.48. The molecule has 0 fully saturated rings. The summed E-state index contributed by atoms with van der Waals surface area (Å²) in [5, 5.41) is 3.41. The topological polar surface area (TPSA) is 86.2 Å². The first-order valence-corrected chi connectivity index (χ1v) is 6.49. The van der Waals surface area contributed by atoms with Crippen molar-refractivity contribution in [2.24, 2.45) is 0 Å². The zero-order valence-corrected chi connectivity index (χ0v) is 9.66. The smallest absolute Gasteiger partial charge is 0.230 e. The summed E-state index contributed by atoms with van der Waals surface area (Å²) >= 11 is 0. The summed E-state index contributed by atoms with van der Waals surface area (Å²) in [4.78, 5) is -0.379. The number of nitrogen functional groups attached to an aromatic ring is 1. The van der Waals surface area contributed by atoms with Gasteiger partial charge in [-0.25, -0.2) is 12.8 Å². The minimum absolute atomic E-state index is 0.0478. The van der Waals surface area contributed by atoms with Gasteiger partial charge >= 0.3 is 0 Å². The lowest BCUT2D eigenvalue weighted by Gasteiger charge is -2.05. The molecular formula is C10H9FN2O3S. The molecule has 17 heavy (non-hydrogen) atoms. The number of sulfone groups is 1. The van der Waals surface area contributed by atoms with E-state index in [2.05, 4.69) is 9.68 Å². The van der Waals surface area contributed by atoms with Crippen LogP contribution >= 0.6 is 0 Å². The zero-order valence-electron chi connectivity index (χ0n) is 8.84. The Morgan fingerprint density at radius 1 is 1.35 bits per heavy atom. The molecule has 0 aliphatic rings. The number of halogens is 1. The molecule has 0 radical (unpaired) electrons. The van der Waals surface area contributed by atoms with Crippen LogP contribution in [0, 0.1) is 5.82 Å². The van der Waals surface area contributed by atoms with Crippen molar-refractivity contribution in [2.45, 2.75) is 4.90 Å². The number of nitrogens with zero attached hydrogens (tertiary/aromatic N) is 1. The van der Waals surface area contributed by atoms with Crippen molar-refractivity contribution in [3.63, 3.8) is 0 Å². The number of benzene rings is 1. The molecular weight excluding hydrogens is 247 g/mol. The summed E-state index contributed by atoms with van der Waals surface area (Å²) in [7, 11) is -3.63. The van der Waals surface area contributed by atoms with Gasteiger partial charge in [0.25, 0.3) is 0 Å². The van der Waals surface area contributed by atoms with E-state index < -0.39 is 15.7 Å². The molecule has 0 amide bonds. The van der Waals surface area contributed by atoms with Gasteiger partial charge in [-0.2, -0.15) is 0 Å². The van der Waals surface area contributed by atoms with Gasteiger partial charge in [-0.1, -0.05) is 17.3 Å². The van der Waals surface area contributed by atoms with Crippen LogP contribution in [-0.2, 0) is 9.84 Å². The molecule has 0 aliphatic heterocycles. The molecule has 90 valence electrons. The Kier molecular flexibility index (Phi) is 2.62. The van der Waals surface area contributed by atoms with Gasteiger partial charge in [0, 0.05) is 11.8 Å². The second kappa shape index (κ2) is 3.85. The van der Waals surface area contributed by atoms with Crippen LogP contribution in [0.5, 0.6) is 0 Å². The summed E-state index contributed by atoms with van der Waals surface area (Å²) < 4.78 is 41.3. The third-order valence-corrected chi connectivity index (χ3v) is 3.37. The normalized spacial score (nSPS) is 11.6. The van der Waals surface area contributed by atoms with Crippen molar-refractivity contribution in [2.75, 3.05) is 12.0 Å². The number of aromatic nitrogens is 1. The van der Waals surface area contributed by atoms with Crippen molar-refractivity contribution in [3.8, 4) is 11.1 Å². The molecule has 0 saturated heterocycles. The third kappa shape index (κ3) is 2.01. The average molecular weight is 256 g/mol. The van der Waals surface area contributed by atoms with E-state index in [4.69, 9.17) is 5.73 Å². The number of hydrogen-bond acceptors (Lipinski definition) is 5. The number of rotatable bonds is 2. The molecule has 0 aliphatic carbocycles. The molecule has 1 heterocycles. The van der Waals surface area contributed by atoms with Gasteiger partial charge in [0.15, 0.2) is 9.84 Å². The summed E-state index contributed by atoms with van der Waals surface area (Å²) in [5.41, 5.74) is 5.73. The first-order valence-electron chi connectivity index (χ1n) is 4.60. The molecule has 2 aromatic rings. The number of anilines is 1. The van der Waals surface area contributed by atoms with E-state index in [9.17, 15) is 12.8 Å². The molecule has 2 N–H and O–H groups in total. The molecule has 0 saturated carbocycles. The molecule has 1 aromatic carbocycles. The van der Waals surface area contributed by atoms with Crippen molar-refractivity contribution >= 4 is 15.7 Å². The predicted octanol–water partition coefficient (Wildman–Crippen LogP) is 1.47. The van der Waals surface area contributed by atoms with E-state index in [0.29, 0.717) is 0 Å². The van der Waals surface area contributed by atoms with E-state index in [0.717, 1.165) is 6.26 Å². The summed E-state index contributed by atoms with van der Waals surface area (Å²) in [6, 6.07) is 4.03. The van der Waals surface area contributed by atoms with E-state index >= 15 is 0 Å². The molecule has 0 spiro atoms. The Morgan fingerprint density at radius 3 is 2.59 bits per heavy atom. The maximum absolute atomic E-state index is 14.0. The highest BCUT2D eigenvalue weighted by atomic mass is 32.2. The fourth-order valence-corrected chi connectivity index (χ4v) is 2.22. The first-order chi connectivity index (χ1) is 7.91. The fourth-order valence-electron chi connectivity index (χ4n) is 1.46. The molecule has 0 bridgehead atoms. The Morgan fingerprint density at radius 2 is 2.06 bits per heavy atom. The van der Waals surface area contributed by atoms with Crippen LogP contribution in [0.15, 0.2) is 33.8 Å². The highest BCUT2D eigenvalue weighted by Gasteiger charge is 2.19. The van der Waals surface area contributed by atoms with Crippen molar-refractivity contribution in [1.29, 1.82) is 0 Å². The highest BCUT2D eigenvalue weighted by molar-refractivity contribution is 7.90. The van der Waals surface area contributed by atoms with E-state index in [1.165, 1.54) is 24.4 Å². The number of hydrogen-bond donors (Lipinski definition) is 1. The predicted molar refractivity (Wildman–Crippen MR) is 59.4 cm³/mol. The maximum Gasteiger partial charge on any atom is 0.230 e. The van der Waals surface area contributed by atoms with E-state index in [1.807, 2.05) is 0 Å². The van der Waals surface area contributed by atoms with Crippen LogP contribution in [0.2, 0.25) is 0 Å². The fraction of sp³-hybridized carbons (Fsp3) is 0.100. The van der Waals surface area contributed by atoms with Gasteiger partial charge in [0.1, 0.15) is 10.7 Å². The summed E-state index contributed by atoms with van der Waals surface area (Å²) in [5.74, 6) is -0.917. The minimum atomic E-state index is -3.63. The van der Waals surface area contributed by atoms with E-state index in [-0.39, 0.29) is 21.9 Å². The quantitative estimate of drug-likeness (QED) is 0.879. The summed E-state index contributed by atoms with van der Waals surface area (Å²) in [6.45, 7) is 0. The zero-order chi connectivity index (χ0) is 12.6. The van der Waals surface area contributed by atoms with Crippen LogP contribution in [-0.4, -0.2) is 19.8 Å². The van der Waals surface area contributed by atoms with Gasteiger partial charge in [0.2, 0.25) is 5.88 Å². The van der Waals surface area contributed by atoms with Gasteiger partial charge in [-0.3, -0.25) is 0 Å². The highest BCUT2D eigenvalue weighted by Crippen LogP contribution is 2.30. The van der Waals surface area contributed by atoms with Crippen LogP contribution < -0.4 is 5.73 Å². The largest absolute Gasteiger partial charge is 0.367 e. The van der Waals surface area contributed by atoms with Crippen LogP contribution in [0.25, 0.3) is 11.1 Å². The van der Waals surface area contributed by atoms with Crippen LogP contribution in [0.4, 0.5) is 10.3 Å². The Balaban J connectivity index is 2.71. The Bertz CT molecular complexity index is 664. The van der Waals surface area contributed by atoms with Gasteiger partial charge in [-0.15, -0.1) is 0 Å². The SMILES string of the molecule is CS(=O)(=O)c1cccc(-c2cnoc2N)c1F. The second-order valence-electron chi connectivity index (χ2n) is 3.49. The average Bonchev–Trinajstić information content (AvgIpc) is 2.63. The monoisotopic (exact) mass is 256 g/mol. The maximum atomic E-state index is 14.0. The molecule has 7 heteroatoms. The number of nitrogens with two attached hydrogens (primary N) is 1. The summed E-state index contributed by atoms with van der Waals surface area (Å²) in [6.07, 6.45) is 2.17. The molecule has 2 rings (SSSR count). The van der Waals surface area contributed by atoms with Gasteiger partial charge in [-0.05, 0) is 6.07 Å². The minimum Gasteiger partial charge on any atom is -0.367 e. The third-order valence-electron chi connectivity index (χ3n) is 2.25. The lowest BCUT2D eigenvalue weighted by Crippen LogP contribution is -2.02. The first kappa shape index (κ1) is 11.6. The molecule has 5 nitrogen and oxygen atoms in total. The lowest BCUT2D eigenvalue weighted by molar-refractivity contribution is 0.436. The molecule has 0 unspecified atom stereocenters. The van der Waals surface area contributed by atoms with Crippen LogP contribution in [0.1, 0.15) is 0 Å². The van der Waals surface area contributed by atoms with E-state index in [1.54, 1.807) is 0 Å². The van der Waals surface area contributed by atoms with Crippen molar-refractivity contribution in [3.05, 3.63) is 30.2 Å². The van der Waals surface area contributed by atoms with Crippen LogP contribution in [0.3, 0.4) is 0 Å². The lowest BCUT2D eigenvalue weighted by atomic mass is 10.1. The Hall–Kier alpha value is -1.89. The van der Waals surface area contributed by atoms with Gasteiger partial charge in [0.05, 0.1) is 11.8 Å². The van der Waals surface area contributed by atoms with Gasteiger partial charge < -0.3 is 10.3 Å². The molecule has 1 aromatic heterocycles. The standard InChI is InChI=1S/C10H9FN2O3S/c1-17(14,15)8-4-2-3-6(9(8)11)7-5-13-16-10(7)12/h2-5H,12H2,1H3. The van der Waals surface area contributed by atoms with Crippen molar-refractivity contribution < 1.29 is 17.3 Å².